The fraction of sp³-hybridized carbons (Fsp3) is 0.667. The number of benzene rings is 2. The van der Waals surface area contributed by atoms with Gasteiger partial charge >= 0.3 is 0 Å². The van der Waals surface area contributed by atoms with Crippen molar-refractivity contribution in [3.05, 3.63) is 36.4 Å². The molecule has 2 aliphatic heterocycles. The average Bonchev–Trinajstić information content (AvgIpc) is 3.75. The van der Waals surface area contributed by atoms with Crippen LogP contribution in [-0.4, -0.2) is 71.1 Å². The Bertz CT molecular complexity index is 1740. The number of nitrogens with zero attached hydrogens (tertiary/aromatic N) is 3. The Labute approximate surface area is 324 Å². The van der Waals surface area contributed by atoms with Crippen molar-refractivity contribution in [1.29, 1.82) is 5.26 Å². The van der Waals surface area contributed by atoms with Gasteiger partial charge in [-0.05, 0) is 72.6 Å². The Morgan fingerprint density at radius 1 is 0.679 bits per heavy atom. The van der Waals surface area contributed by atoms with Crippen molar-refractivity contribution in [2.75, 3.05) is 45.6 Å². The molecule has 0 atom stereocenters. The number of sulfonamides is 2. The lowest BCUT2D eigenvalue weighted by Crippen LogP contribution is -2.41. The smallest absolute Gasteiger partial charge is 0.243 e. The van der Waals surface area contributed by atoms with Gasteiger partial charge in [0, 0.05) is 50.6 Å². The molecule has 2 aromatic carbocycles. The summed E-state index contributed by atoms with van der Waals surface area (Å²) in [5.74, 6) is 3.19. The number of nitriles is 1. The van der Waals surface area contributed by atoms with Gasteiger partial charge in [0.15, 0.2) is 23.0 Å². The van der Waals surface area contributed by atoms with Crippen LogP contribution in [0.2, 0.25) is 0 Å². The highest BCUT2D eigenvalue weighted by Crippen LogP contribution is 2.37. The summed E-state index contributed by atoms with van der Waals surface area (Å²) < 4.78 is 77.6. The van der Waals surface area contributed by atoms with Crippen LogP contribution < -0.4 is 18.9 Å². The lowest BCUT2D eigenvalue weighted by atomic mass is 9.86. The summed E-state index contributed by atoms with van der Waals surface area (Å²) in [6.45, 7) is 18.6. The third kappa shape index (κ3) is 13.5. The second kappa shape index (κ2) is 19.7. The summed E-state index contributed by atoms with van der Waals surface area (Å²) in [7, 11) is -7.25. The van der Waals surface area contributed by atoms with Crippen LogP contribution >= 0.6 is 11.6 Å². The number of fused-ring (bicyclic) bond motifs is 2. The molecule has 0 bridgehead atoms. The standard InChI is InChI=1S/C20H30N2O4S.C19H30ClNO4S/c1-16(2)13-22(14-20(3,4)10-6-5-7-11-21)27(23,24)17-8-9-18-19(12-17)26-15-25-18;1-15(2)12-21(13-19(3,4)9-5-6-10-20)26(22,23)16-7-8-17-18(11-16)25-14-24-17/h8-9,12,16H,5-7,10,13-15H2,1-4H3;7-8,11,15H,5-6,9-10,12-14H2,1-4H3. The van der Waals surface area contributed by atoms with Crippen molar-refractivity contribution in [1.82, 2.24) is 8.61 Å². The first kappa shape index (κ1) is 44.6. The highest BCUT2D eigenvalue weighted by atomic mass is 35.5. The molecule has 11 nitrogen and oxygen atoms in total. The van der Waals surface area contributed by atoms with Crippen molar-refractivity contribution in [3.8, 4) is 29.1 Å². The maximum atomic E-state index is 13.3. The van der Waals surface area contributed by atoms with Gasteiger partial charge in [-0.1, -0.05) is 68.2 Å². The second-order valence-electron chi connectivity index (χ2n) is 16.3. The van der Waals surface area contributed by atoms with E-state index in [2.05, 4.69) is 33.8 Å². The fourth-order valence-electron chi connectivity index (χ4n) is 6.30. The van der Waals surface area contributed by atoms with Gasteiger partial charge in [-0.2, -0.15) is 13.9 Å². The summed E-state index contributed by atoms with van der Waals surface area (Å²) in [5, 5.41) is 8.68. The summed E-state index contributed by atoms with van der Waals surface area (Å²) in [4.78, 5) is 0.478. The highest BCUT2D eigenvalue weighted by molar-refractivity contribution is 7.89. The molecule has 0 amide bonds. The molecule has 0 aromatic heterocycles. The molecule has 4 rings (SSSR count). The lowest BCUT2D eigenvalue weighted by Gasteiger charge is -2.33. The van der Waals surface area contributed by atoms with Crippen LogP contribution in [0.25, 0.3) is 0 Å². The van der Waals surface area contributed by atoms with Crippen LogP contribution in [0.15, 0.2) is 46.2 Å². The Hall–Kier alpha value is -2.76. The van der Waals surface area contributed by atoms with E-state index >= 15 is 0 Å². The van der Waals surface area contributed by atoms with Gasteiger partial charge in [0.05, 0.1) is 15.9 Å². The van der Waals surface area contributed by atoms with E-state index in [1.165, 1.54) is 0 Å². The van der Waals surface area contributed by atoms with E-state index in [4.69, 9.17) is 35.8 Å². The van der Waals surface area contributed by atoms with Crippen LogP contribution in [0.5, 0.6) is 23.0 Å². The quantitative estimate of drug-likeness (QED) is 0.0953. The van der Waals surface area contributed by atoms with Crippen LogP contribution in [-0.2, 0) is 20.0 Å². The van der Waals surface area contributed by atoms with E-state index in [0.29, 0.717) is 61.5 Å². The number of unbranched alkanes of at least 4 members (excludes halogenated alkanes) is 3. The van der Waals surface area contributed by atoms with Gasteiger partial charge in [-0.25, -0.2) is 16.8 Å². The summed E-state index contributed by atoms with van der Waals surface area (Å²) in [6.07, 6.45) is 6.06. The Morgan fingerprint density at radius 2 is 1.08 bits per heavy atom. The molecular formula is C39H60ClN3O8S2. The summed E-state index contributed by atoms with van der Waals surface area (Å²) in [5.41, 5.74) is -0.294. The molecule has 53 heavy (non-hydrogen) atoms. The summed E-state index contributed by atoms with van der Waals surface area (Å²) in [6, 6.07) is 11.7. The topological polar surface area (TPSA) is 135 Å². The van der Waals surface area contributed by atoms with Crippen molar-refractivity contribution < 1.29 is 35.8 Å². The number of hydrogen-bond acceptors (Lipinski definition) is 9. The van der Waals surface area contributed by atoms with Crippen molar-refractivity contribution in [2.24, 2.45) is 22.7 Å². The van der Waals surface area contributed by atoms with Gasteiger partial charge in [-0.3, -0.25) is 0 Å². The molecule has 0 fully saturated rings. The van der Waals surface area contributed by atoms with E-state index < -0.39 is 20.0 Å². The molecule has 2 heterocycles. The molecule has 0 spiro atoms. The highest BCUT2D eigenvalue weighted by Gasteiger charge is 2.34. The largest absolute Gasteiger partial charge is 0.454 e. The van der Waals surface area contributed by atoms with Crippen LogP contribution in [0.1, 0.15) is 100 Å². The number of alkyl halides is 1. The normalized spacial score (nSPS) is 14.2. The van der Waals surface area contributed by atoms with Crippen LogP contribution in [0.4, 0.5) is 0 Å². The van der Waals surface area contributed by atoms with Crippen molar-refractivity contribution in [3.63, 3.8) is 0 Å². The predicted octanol–water partition coefficient (Wildman–Crippen LogP) is 8.67. The molecule has 2 aromatic rings. The van der Waals surface area contributed by atoms with Gasteiger partial charge in [-0.15, -0.1) is 11.6 Å². The Kier molecular flexibility index (Phi) is 16.6. The number of halogens is 1. The molecule has 0 aliphatic carbocycles. The minimum Gasteiger partial charge on any atom is -0.454 e. The second-order valence-corrected chi connectivity index (χ2v) is 20.5. The van der Waals surface area contributed by atoms with Crippen molar-refractivity contribution in [2.45, 2.75) is 110 Å². The van der Waals surface area contributed by atoms with Gasteiger partial charge in [0.25, 0.3) is 0 Å². The molecule has 14 heteroatoms. The minimum absolute atomic E-state index is 0.115. The van der Waals surface area contributed by atoms with Gasteiger partial charge in [0.1, 0.15) is 0 Å². The first-order valence-corrected chi connectivity index (χ1v) is 22.0. The predicted molar refractivity (Wildman–Crippen MR) is 209 cm³/mol. The molecule has 0 N–H and O–H groups in total. The van der Waals surface area contributed by atoms with E-state index in [0.717, 1.165) is 38.5 Å². The number of ether oxygens (including phenoxy) is 4. The molecular weight excluding hydrogens is 738 g/mol. The van der Waals surface area contributed by atoms with E-state index in [1.807, 2.05) is 27.7 Å². The van der Waals surface area contributed by atoms with E-state index in [9.17, 15) is 16.8 Å². The maximum absolute atomic E-state index is 13.3. The zero-order chi connectivity index (χ0) is 39.5. The molecule has 0 saturated carbocycles. The minimum atomic E-state index is -3.64. The number of rotatable bonds is 20. The molecule has 0 radical (unpaired) electrons. The lowest BCUT2D eigenvalue weighted by molar-refractivity contribution is 0.173. The number of hydrogen-bond donors (Lipinski definition) is 0. The van der Waals surface area contributed by atoms with Crippen LogP contribution in [0, 0.1) is 34.0 Å². The fourth-order valence-corrected chi connectivity index (χ4v) is 10.1. The molecule has 0 unspecified atom stereocenters. The zero-order valence-corrected chi connectivity index (χ0v) is 35.2. The van der Waals surface area contributed by atoms with Crippen molar-refractivity contribution >= 4 is 31.6 Å². The Morgan fingerprint density at radius 3 is 1.45 bits per heavy atom. The molecule has 298 valence electrons. The van der Waals surface area contributed by atoms with Gasteiger partial charge in [0.2, 0.25) is 33.6 Å². The average molecular weight is 799 g/mol. The summed E-state index contributed by atoms with van der Waals surface area (Å²) >= 11 is 5.78. The molecule has 2 aliphatic rings. The first-order chi connectivity index (χ1) is 24.8. The molecule has 0 saturated heterocycles. The monoisotopic (exact) mass is 797 g/mol. The third-order valence-corrected chi connectivity index (χ3v) is 12.8. The van der Waals surface area contributed by atoms with E-state index in [-0.39, 0.29) is 46.0 Å². The SMILES string of the molecule is CC(C)CN(CC(C)(C)CCCCC#N)S(=O)(=O)c1ccc2c(c1)OCO2.CC(C)CN(CC(C)(C)CCCCCl)S(=O)(=O)c1ccc2c(c1)OCO2. The Balaban J connectivity index is 0.000000286. The third-order valence-electron chi connectivity index (χ3n) is 8.94. The first-order valence-electron chi connectivity index (χ1n) is 18.5. The van der Waals surface area contributed by atoms with Gasteiger partial charge < -0.3 is 18.9 Å². The maximum Gasteiger partial charge on any atom is 0.243 e. The van der Waals surface area contributed by atoms with E-state index in [1.54, 1.807) is 45.0 Å². The zero-order valence-electron chi connectivity index (χ0n) is 32.8. The van der Waals surface area contributed by atoms with Crippen LogP contribution in [0.3, 0.4) is 0 Å².